The number of thioether (sulfide) groups is 1. The van der Waals surface area contributed by atoms with E-state index in [4.69, 9.17) is 11.6 Å². The summed E-state index contributed by atoms with van der Waals surface area (Å²) in [5.41, 5.74) is 0. The molecule has 1 rings (SSSR count). The zero-order valence-corrected chi connectivity index (χ0v) is 10.1. The Morgan fingerprint density at radius 2 is 2.08 bits per heavy atom. The van der Waals surface area contributed by atoms with Gasteiger partial charge in [0, 0.05) is 5.88 Å². The van der Waals surface area contributed by atoms with Gasteiger partial charge in [0.2, 0.25) is 0 Å². The van der Waals surface area contributed by atoms with Crippen molar-refractivity contribution >= 4 is 34.7 Å². The fraction of sp³-hybridized carbons (Fsp3) is 0.600. The normalized spacial score (nSPS) is 10.5. The second-order valence-corrected chi connectivity index (χ2v) is 5.60. The Balaban J connectivity index is 1.90. The standard InChI is InChI=1S/C10H15ClS2/c11-7-3-1-2-4-8-12-10-6-5-9-13-10/h5-6,9H,1-4,7-8H2. The molecule has 0 aromatic carbocycles. The molecule has 0 amide bonds. The molecule has 0 saturated carbocycles. The highest BCUT2D eigenvalue weighted by Gasteiger charge is 1.94. The number of hydrogen-bond donors (Lipinski definition) is 0. The maximum Gasteiger partial charge on any atom is 0.0598 e. The molecule has 1 aromatic rings. The Labute approximate surface area is 93.7 Å². The smallest absolute Gasteiger partial charge is 0.0598 e. The third kappa shape index (κ3) is 5.61. The minimum Gasteiger partial charge on any atom is -0.137 e. The van der Waals surface area contributed by atoms with Crippen LogP contribution in [0.2, 0.25) is 0 Å². The summed E-state index contributed by atoms with van der Waals surface area (Å²) < 4.78 is 1.44. The largest absolute Gasteiger partial charge is 0.137 e. The van der Waals surface area contributed by atoms with Crippen molar-refractivity contribution in [3.8, 4) is 0 Å². The van der Waals surface area contributed by atoms with Gasteiger partial charge in [0.05, 0.1) is 4.21 Å². The van der Waals surface area contributed by atoms with Crippen LogP contribution in [-0.2, 0) is 0 Å². The summed E-state index contributed by atoms with van der Waals surface area (Å²) in [6, 6.07) is 4.30. The lowest BCUT2D eigenvalue weighted by Gasteiger charge is -1.98. The SMILES string of the molecule is ClCCCCCCSc1cccs1. The highest BCUT2D eigenvalue weighted by atomic mass is 35.5. The summed E-state index contributed by atoms with van der Waals surface area (Å²) in [6.45, 7) is 0. The van der Waals surface area contributed by atoms with Gasteiger partial charge in [-0.2, -0.15) is 0 Å². The summed E-state index contributed by atoms with van der Waals surface area (Å²) in [7, 11) is 0. The lowest BCUT2D eigenvalue weighted by Crippen LogP contribution is -1.81. The first-order valence-corrected chi connectivity index (χ1v) is 7.06. The molecular weight excluding hydrogens is 220 g/mol. The van der Waals surface area contributed by atoms with E-state index in [0.29, 0.717) is 0 Å². The van der Waals surface area contributed by atoms with Crippen LogP contribution in [0, 0.1) is 0 Å². The molecule has 0 spiro atoms. The summed E-state index contributed by atoms with van der Waals surface area (Å²) in [5, 5.41) is 2.13. The minimum absolute atomic E-state index is 0.818. The fourth-order valence-corrected chi connectivity index (χ4v) is 3.12. The van der Waals surface area contributed by atoms with E-state index < -0.39 is 0 Å². The van der Waals surface area contributed by atoms with Gasteiger partial charge in [-0.3, -0.25) is 0 Å². The lowest BCUT2D eigenvalue weighted by atomic mass is 10.2. The third-order valence-electron chi connectivity index (χ3n) is 1.77. The average Bonchev–Trinajstić information content (AvgIpc) is 2.63. The molecule has 0 atom stereocenters. The highest BCUT2D eigenvalue weighted by molar-refractivity contribution is 8.01. The fourth-order valence-electron chi connectivity index (χ4n) is 1.07. The van der Waals surface area contributed by atoms with Crippen LogP contribution < -0.4 is 0 Å². The highest BCUT2D eigenvalue weighted by Crippen LogP contribution is 2.24. The first-order valence-electron chi connectivity index (χ1n) is 4.66. The van der Waals surface area contributed by atoms with Crippen LogP contribution in [0.15, 0.2) is 21.7 Å². The number of alkyl halides is 1. The molecule has 1 heterocycles. The number of hydrogen-bond acceptors (Lipinski definition) is 2. The molecule has 0 aliphatic heterocycles. The third-order valence-corrected chi connectivity index (χ3v) is 4.25. The number of rotatable bonds is 7. The molecule has 0 fully saturated rings. The van der Waals surface area contributed by atoms with Gasteiger partial charge < -0.3 is 0 Å². The van der Waals surface area contributed by atoms with Crippen molar-refractivity contribution in [2.45, 2.75) is 29.9 Å². The van der Waals surface area contributed by atoms with Crippen molar-refractivity contribution in [3.05, 3.63) is 17.5 Å². The number of halogens is 1. The summed E-state index contributed by atoms with van der Waals surface area (Å²) >= 11 is 9.40. The topological polar surface area (TPSA) is 0 Å². The van der Waals surface area contributed by atoms with E-state index in [2.05, 4.69) is 17.5 Å². The average molecular weight is 235 g/mol. The van der Waals surface area contributed by atoms with Crippen LogP contribution in [0.1, 0.15) is 25.7 Å². The predicted octanol–water partition coefficient (Wildman–Crippen LogP) is 4.64. The van der Waals surface area contributed by atoms with Crippen LogP contribution in [0.4, 0.5) is 0 Å². The van der Waals surface area contributed by atoms with Crippen molar-refractivity contribution in [2.75, 3.05) is 11.6 Å². The van der Waals surface area contributed by atoms with Gasteiger partial charge in [0.1, 0.15) is 0 Å². The maximum absolute atomic E-state index is 5.59. The molecular formula is C10H15ClS2. The zero-order valence-electron chi connectivity index (χ0n) is 7.67. The quantitative estimate of drug-likeness (QED) is 0.376. The number of unbranched alkanes of at least 4 members (excludes halogenated alkanes) is 3. The van der Waals surface area contributed by atoms with Gasteiger partial charge in [-0.05, 0) is 30.0 Å². The van der Waals surface area contributed by atoms with Crippen LogP contribution in [0.3, 0.4) is 0 Å². The molecule has 0 aliphatic carbocycles. The Bertz CT molecular complexity index is 197. The summed E-state index contributed by atoms with van der Waals surface area (Å²) in [5.74, 6) is 2.07. The van der Waals surface area contributed by atoms with E-state index >= 15 is 0 Å². The van der Waals surface area contributed by atoms with E-state index in [9.17, 15) is 0 Å². The molecule has 0 N–H and O–H groups in total. The van der Waals surface area contributed by atoms with Crippen LogP contribution in [0.25, 0.3) is 0 Å². The Morgan fingerprint density at radius 1 is 1.23 bits per heavy atom. The molecule has 0 saturated heterocycles. The minimum atomic E-state index is 0.818. The lowest BCUT2D eigenvalue weighted by molar-refractivity contribution is 0.709. The molecule has 0 bridgehead atoms. The molecule has 1 aromatic heterocycles. The number of thiophene rings is 1. The van der Waals surface area contributed by atoms with E-state index in [1.54, 1.807) is 0 Å². The van der Waals surface area contributed by atoms with E-state index in [1.165, 1.54) is 35.6 Å². The Hall–Kier alpha value is 0.340. The molecule has 13 heavy (non-hydrogen) atoms. The van der Waals surface area contributed by atoms with Gasteiger partial charge >= 0.3 is 0 Å². The second kappa shape index (κ2) is 7.72. The van der Waals surface area contributed by atoms with Crippen LogP contribution >= 0.6 is 34.7 Å². The van der Waals surface area contributed by atoms with Gasteiger partial charge in [0.25, 0.3) is 0 Å². The van der Waals surface area contributed by atoms with Crippen molar-refractivity contribution in [3.63, 3.8) is 0 Å². The Kier molecular flexibility index (Phi) is 6.78. The first kappa shape index (κ1) is 11.4. The maximum atomic E-state index is 5.59. The van der Waals surface area contributed by atoms with Gasteiger partial charge in [-0.25, -0.2) is 0 Å². The zero-order chi connectivity index (χ0) is 9.36. The van der Waals surface area contributed by atoms with Gasteiger partial charge in [-0.15, -0.1) is 34.7 Å². The van der Waals surface area contributed by atoms with Crippen molar-refractivity contribution in [2.24, 2.45) is 0 Å². The van der Waals surface area contributed by atoms with Crippen molar-refractivity contribution < 1.29 is 0 Å². The molecule has 0 radical (unpaired) electrons. The van der Waals surface area contributed by atoms with E-state index in [-0.39, 0.29) is 0 Å². The monoisotopic (exact) mass is 234 g/mol. The molecule has 3 heteroatoms. The van der Waals surface area contributed by atoms with Crippen molar-refractivity contribution in [1.82, 2.24) is 0 Å². The predicted molar refractivity (Wildman–Crippen MR) is 64.2 cm³/mol. The molecule has 74 valence electrons. The van der Waals surface area contributed by atoms with E-state index in [0.717, 1.165) is 5.88 Å². The van der Waals surface area contributed by atoms with Crippen LogP contribution in [0.5, 0.6) is 0 Å². The van der Waals surface area contributed by atoms with Crippen LogP contribution in [-0.4, -0.2) is 11.6 Å². The molecule has 0 aliphatic rings. The summed E-state index contributed by atoms with van der Waals surface area (Å²) in [4.78, 5) is 0. The first-order chi connectivity index (χ1) is 6.43. The van der Waals surface area contributed by atoms with E-state index in [1.807, 2.05) is 23.1 Å². The van der Waals surface area contributed by atoms with Crippen molar-refractivity contribution in [1.29, 1.82) is 0 Å². The molecule has 0 unspecified atom stereocenters. The summed E-state index contributed by atoms with van der Waals surface area (Å²) in [6.07, 6.45) is 5.10. The van der Waals surface area contributed by atoms with Gasteiger partial charge in [0.15, 0.2) is 0 Å². The Morgan fingerprint density at radius 3 is 2.77 bits per heavy atom. The second-order valence-electron chi connectivity index (χ2n) is 2.88. The van der Waals surface area contributed by atoms with Gasteiger partial charge in [-0.1, -0.05) is 18.9 Å². The molecule has 0 nitrogen and oxygen atoms in total.